The first-order valence-electron chi connectivity index (χ1n) is 11.0. The van der Waals surface area contributed by atoms with E-state index in [2.05, 4.69) is 26.9 Å². The van der Waals surface area contributed by atoms with Gasteiger partial charge in [-0.1, -0.05) is 5.92 Å². The molecule has 1 aromatic carbocycles. The van der Waals surface area contributed by atoms with Gasteiger partial charge in [0.15, 0.2) is 0 Å². The zero-order chi connectivity index (χ0) is 23.5. The van der Waals surface area contributed by atoms with Gasteiger partial charge in [-0.2, -0.15) is 0 Å². The molecule has 0 radical (unpaired) electrons. The van der Waals surface area contributed by atoms with Gasteiger partial charge in [0.05, 0.1) is 11.1 Å². The molecule has 0 unspecified atom stereocenters. The Bertz CT molecular complexity index is 1200. The standard InChI is InChI=1S/C25H27N5O3/c1-4-17-7-8-20-18(13-17)19(23(31)29-20)14-21-15(2)22(16(3)28-21)24(32)26-9-5-11-30-12-6-10-27-25(30)33/h1,7-8,13-14,28H,5-6,9-12H2,2-3H3,(H,26,32)(H,27,33)(H,29,31). The lowest BCUT2D eigenvalue weighted by Crippen LogP contribution is -2.47. The predicted molar refractivity (Wildman–Crippen MR) is 128 cm³/mol. The number of nitrogens with zero attached hydrogens (tertiary/aromatic N) is 1. The highest BCUT2D eigenvalue weighted by atomic mass is 16.2. The first-order chi connectivity index (χ1) is 15.9. The Morgan fingerprint density at radius 2 is 2.12 bits per heavy atom. The molecule has 4 amide bonds. The molecule has 3 heterocycles. The summed E-state index contributed by atoms with van der Waals surface area (Å²) in [5.74, 6) is 2.20. The van der Waals surface area contributed by atoms with Gasteiger partial charge in [-0.25, -0.2) is 4.79 Å². The molecule has 1 aromatic heterocycles. The van der Waals surface area contributed by atoms with Crippen molar-refractivity contribution >= 4 is 35.2 Å². The summed E-state index contributed by atoms with van der Waals surface area (Å²) in [5.41, 5.74) is 5.41. The van der Waals surface area contributed by atoms with Crippen LogP contribution in [0.5, 0.6) is 0 Å². The number of hydrogen-bond acceptors (Lipinski definition) is 3. The third kappa shape index (κ3) is 4.48. The second-order valence-corrected chi connectivity index (χ2v) is 8.26. The number of urea groups is 1. The summed E-state index contributed by atoms with van der Waals surface area (Å²) in [6.07, 6.45) is 8.88. The Labute approximate surface area is 192 Å². The molecule has 8 heteroatoms. The molecule has 4 N–H and O–H groups in total. The molecule has 0 aliphatic carbocycles. The van der Waals surface area contributed by atoms with Crippen LogP contribution in [0.4, 0.5) is 10.5 Å². The molecule has 2 aliphatic rings. The van der Waals surface area contributed by atoms with Crippen LogP contribution < -0.4 is 16.0 Å². The highest BCUT2D eigenvalue weighted by molar-refractivity contribution is 6.35. The zero-order valence-electron chi connectivity index (χ0n) is 18.8. The fourth-order valence-corrected chi connectivity index (χ4v) is 4.28. The maximum atomic E-state index is 12.9. The number of anilines is 1. The molecule has 0 spiro atoms. The normalized spacial score (nSPS) is 16.3. The SMILES string of the molecule is C#Cc1ccc2c(c1)C(=Cc1[nH]c(C)c(C(=O)NCCCN3CCCNC3=O)c1C)C(=O)N2. The first-order valence-corrected chi connectivity index (χ1v) is 11.0. The molecule has 1 saturated heterocycles. The van der Waals surface area contributed by atoms with E-state index in [9.17, 15) is 14.4 Å². The van der Waals surface area contributed by atoms with E-state index in [1.165, 1.54) is 0 Å². The first kappa shape index (κ1) is 22.2. The van der Waals surface area contributed by atoms with Crippen LogP contribution in [0.25, 0.3) is 11.6 Å². The van der Waals surface area contributed by atoms with Crippen LogP contribution in [0.2, 0.25) is 0 Å². The highest BCUT2D eigenvalue weighted by Gasteiger charge is 2.26. The highest BCUT2D eigenvalue weighted by Crippen LogP contribution is 2.34. The number of hydrogen-bond donors (Lipinski definition) is 4. The number of aryl methyl sites for hydroxylation is 1. The number of carbonyl (C=O) groups is 3. The topological polar surface area (TPSA) is 106 Å². The van der Waals surface area contributed by atoms with E-state index in [-0.39, 0.29) is 17.8 Å². The zero-order valence-corrected chi connectivity index (χ0v) is 18.8. The van der Waals surface area contributed by atoms with Gasteiger partial charge in [-0.3, -0.25) is 9.59 Å². The summed E-state index contributed by atoms with van der Waals surface area (Å²) >= 11 is 0. The lowest BCUT2D eigenvalue weighted by molar-refractivity contribution is -0.110. The van der Waals surface area contributed by atoms with Gasteiger partial charge in [-0.15, -0.1) is 6.42 Å². The molecule has 1 fully saturated rings. The van der Waals surface area contributed by atoms with Crippen molar-refractivity contribution in [3.63, 3.8) is 0 Å². The maximum Gasteiger partial charge on any atom is 0.317 e. The van der Waals surface area contributed by atoms with Crippen molar-refractivity contribution in [2.45, 2.75) is 26.7 Å². The van der Waals surface area contributed by atoms with Crippen molar-refractivity contribution in [2.24, 2.45) is 0 Å². The van der Waals surface area contributed by atoms with E-state index in [1.54, 1.807) is 29.2 Å². The Balaban J connectivity index is 1.46. The summed E-state index contributed by atoms with van der Waals surface area (Å²) < 4.78 is 0. The second kappa shape index (κ2) is 9.25. The molecule has 0 bridgehead atoms. The Kier molecular flexibility index (Phi) is 6.22. The van der Waals surface area contributed by atoms with Crippen molar-refractivity contribution < 1.29 is 14.4 Å². The van der Waals surface area contributed by atoms with Crippen molar-refractivity contribution in [1.29, 1.82) is 0 Å². The minimum absolute atomic E-state index is 0.0468. The Morgan fingerprint density at radius 3 is 2.88 bits per heavy atom. The van der Waals surface area contributed by atoms with Gasteiger partial charge in [0, 0.05) is 54.4 Å². The number of nitrogens with one attached hydrogen (secondary N) is 4. The number of H-pyrrole nitrogens is 1. The largest absolute Gasteiger partial charge is 0.358 e. The van der Waals surface area contributed by atoms with Crippen LogP contribution in [0.15, 0.2) is 18.2 Å². The molecule has 2 aliphatic heterocycles. The molecular formula is C25H27N5O3. The quantitative estimate of drug-likeness (QED) is 0.312. The summed E-state index contributed by atoms with van der Waals surface area (Å²) in [6.45, 7) is 6.22. The van der Waals surface area contributed by atoms with E-state index >= 15 is 0 Å². The van der Waals surface area contributed by atoms with Crippen LogP contribution in [-0.2, 0) is 4.79 Å². The number of carbonyl (C=O) groups excluding carboxylic acids is 3. The van der Waals surface area contributed by atoms with Crippen molar-refractivity contribution in [2.75, 3.05) is 31.5 Å². The number of benzene rings is 1. The smallest absolute Gasteiger partial charge is 0.317 e. The molecule has 2 aromatic rings. The van der Waals surface area contributed by atoms with Crippen LogP contribution >= 0.6 is 0 Å². The average molecular weight is 446 g/mol. The molecular weight excluding hydrogens is 418 g/mol. The number of aromatic nitrogens is 1. The number of terminal acetylenes is 1. The average Bonchev–Trinajstić information content (AvgIpc) is 3.26. The number of amides is 4. The maximum absolute atomic E-state index is 12.9. The fraction of sp³-hybridized carbons (Fsp3) is 0.320. The Hall–Kier alpha value is -3.99. The Morgan fingerprint density at radius 1 is 1.30 bits per heavy atom. The van der Waals surface area contributed by atoms with E-state index < -0.39 is 0 Å². The lowest BCUT2D eigenvalue weighted by Gasteiger charge is -2.27. The number of aromatic amines is 1. The summed E-state index contributed by atoms with van der Waals surface area (Å²) in [5, 5.41) is 8.61. The third-order valence-corrected chi connectivity index (χ3v) is 6.02. The minimum Gasteiger partial charge on any atom is -0.358 e. The van der Waals surface area contributed by atoms with Crippen LogP contribution in [0.3, 0.4) is 0 Å². The van der Waals surface area contributed by atoms with E-state index in [0.717, 1.165) is 36.3 Å². The predicted octanol–water partition coefficient (Wildman–Crippen LogP) is 2.64. The molecule has 8 nitrogen and oxygen atoms in total. The monoisotopic (exact) mass is 445 g/mol. The van der Waals surface area contributed by atoms with E-state index in [1.807, 2.05) is 13.8 Å². The number of rotatable bonds is 6. The summed E-state index contributed by atoms with van der Waals surface area (Å²) in [7, 11) is 0. The fourth-order valence-electron chi connectivity index (χ4n) is 4.28. The molecule has 0 saturated carbocycles. The van der Waals surface area contributed by atoms with Crippen LogP contribution in [0.1, 0.15) is 51.3 Å². The summed E-state index contributed by atoms with van der Waals surface area (Å²) in [4.78, 5) is 42.2. The van der Waals surface area contributed by atoms with Crippen molar-refractivity contribution in [1.82, 2.24) is 20.5 Å². The van der Waals surface area contributed by atoms with Gasteiger partial charge in [-0.05, 0) is 56.5 Å². The third-order valence-electron chi connectivity index (χ3n) is 6.02. The van der Waals surface area contributed by atoms with Gasteiger partial charge >= 0.3 is 6.03 Å². The minimum atomic E-state index is -0.210. The van der Waals surface area contributed by atoms with E-state index in [4.69, 9.17) is 6.42 Å². The van der Waals surface area contributed by atoms with Gasteiger partial charge in [0.1, 0.15) is 0 Å². The van der Waals surface area contributed by atoms with Crippen LogP contribution in [-0.4, -0.2) is 53.9 Å². The molecule has 0 atom stereocenters. The molecule has 4 rings (SSSR count). The van der Waals surface area contributed by atoms with Gasteiger partial charge in [0.25, 0.3) is 11.8 Å². The van der Waals surface area contributed by atoms with Gasteiger partial charge in [0.2, 0.25) is 0 Å². The van der Waals surface area contributed by atoms with Crippen LogP contribution in [0, 0.1) is 26.2 Å². The number of fused-ring (bicyclic) bond motifs is 1. The van der Waals surface area contributed by atoms with Gasteiger partial charge < -0.3 is 25.8 Å². The van der Waals surface area contributed by atoms with Crippen molar-refractivity contribution in [3.8, 4) is 12.3 Å². The second-order valence-electron chi connectivity index (χ2n) is 8.26. The van der Waals surface area contributed by atoms with Crippen molar-refractivity contribution in [3.05, 3.63) is 51.8 Å². The lowest BCUT2D eigenvalue weighted by atomic mass is 10.0. The van der Waals surface area contributed by atoms with E-state index in [0.29, 0.717) is 47.6 Å². The molecule has 33 heavy (non-hydrogen) atoms. The summed E-state index contributed by atoms with van der Waals surface area (Å²) in [6, 6.07) is 5.34. The molecule has 170 valence electrons.